The number of fused-ring (bicyclic) bond motifs is 3. The zero-order chi connectivity index (χ0) is 8.89. The molecule has 0 N–H and O–H groups in total. The summed E-state index contributed by atoms with van der Waals surface area (Å²) >= 11 is 1.73. The molecule has 1 aromatic carbocycles. The number of thioether (sulfide) groups is 1. The van der Waals surface area contributed by atoms with Gasteiger partial charge in [0.15, 0.2) is 0 Å². The molecule has 2 heteroatoms. The van der Waals surface area contributed by atoms with E-state index in [-0.39, 0.29) is 4.75 Å². The van der Waals surface area contributed by atoms with E-state index in [1.807, 2.05) is 12.1 Å². The first kappa shape index (κ1) is 7.39. The van der Waals surface area contributed by atoms with Crippen LogP contribution in [0.4, 0.5) is 0 Å². The van der Waals surface area contributed by atoms with Gasteiger partial charge in [0.05, 0.1) is 5.25 Å². The Bertz CT molecular complexity index is 410. The molecular formula is C11H8OS. The summed E-state index contributed by atoms with van der Waals surface area (Å²) in [6.07, 6.45) is 5.33. The van der Waals surface area contributed by atoms with Gasteiger partial charge in [-0.3, -0.25) is 0 Å². The molecule has 1 saturated heterocycles. The van der Waals surface area contributed by atoms with Crippen molar-refractivity contribution in [1.29, 1.82) is 0 Å². The van der Waals surface area contributed by atoms with E-state index in [1.54, 1.807) is 11.8 Å². The van der Waals surface area contributed by atoms with Crippen molar-refractivity contribution in [2.75, 3.05) is 0 Å². The summed E-state index contributed by atoms with van der Waals surface area (Å²) in [5, 5.41) is 0.389. The van der Waals surface area contributed by atoms with Crippen LogP contribution in [0, 0.1) is 0 Å². The Morgan fingerprint density at radius 1 is 1.38 bits per heavy atom. The predicted molar refractivity (Wildman–Crippen MR) is 54.6 cm³/mol. The second-order valence-electron chi connectivity index (χ2n) is 3.40. The van der Waals surface area contributed by atoms with Crippen LogP contribution in [0.25, 0.3) is 6.08 Å². The lowest BCUT2D eigenvalue weighted by atomic mass is 9.88. The fourth-order valence-electron chi connectivity index (χ4n) is 1.92. The van der Waals surface area contributed by atoms with Crippen LogP contribution in [0.1, 0.15) is 11.1 Å². The summed E-state index contributed by atoms with van der Waals surface area (Å²) in [5.74, 6) is 0. The minimum Gasteiger partial charge on any atom is -0.301 e. The number of hydrogen-bond donors (Lipinski definition) is 0. The molecule has 2 atom stereocenters. The minimum atomic E-state index is -0.231. The van der Waals surface area contributed by atoms with Gasteiger partial charge < -0.3 is 4.79 Å². The number of aldehydes is 1. The number of hydrogen-bond acceptors (Lipinski definition) is 2. The fraction of sp³-hybridized carbons (Fsp3) is 0.182. The third-order valence-corrected chi connectivity index (χ3v) is 4.18. The molecule has 0 aromatic heterocycles. The van der Waals surface area contributed by atoms with Crippen LogP contribution in [0.5, 0.6) is 0 Å². The third kappa shape index (κ3) is 0.814. The predicted octanol–water partition coefficient (Wildman–Crippen LogP) is 2.22. The van der Waals surface area contributed by atoms with E-state index < -0.39 is 0 Å². The molecule has 2 unspecified atom stereocenters. The highest BCUT2D eigenvalue weighted by Crippen LogP contribution is 2.63. The summed E-state index contributed by atoms with van der Waals surface area (Å²) < 4.78 is -0.231. The van der Waals surface area contributed by atoms with Crippen LogP contribution in [-0.4, -0.2) is 11.5 Å². The smallest absolute Gasteiger partial charge is 0.142 e. The van der Waals surface area contributed by atoms with Gasteiger partial charge >= 0.3 is 0 Å². The number of carbonyl (C=O) groups excluding carboxylic acids is 1. The summed E-state index contributed by atoms with van der Waals surface area (Å²) in [6, 6.07) is 8.13. The molecule has 1 fully saturated rings. The average molecular weight is 188 g/mol. The van der Waals surface area contributed by atoms with Crippen LogP contribution >= 0.6 is 11.8 Å². The molecule has 0 saturated carbocycles. The first-order valence-corrected chi connectivity index (χ1v) is 5.17. The number of benzene rings is 1. The van der Waals surface area contributed by atoms with E-state index in [0.29, 0.717) is 5.25 Å². The van der Waals surface area contributed by atoms with E-state index >= 15 is 0 Å². The molecule has 0 amide bonds. The van der Waals surface area contributed by atoms with Gasteiger partial charge in [0.2, 0.25) is 0 Å². The van der Waals surface area contributed by atoms with E-state index in [1.165, 1.54) is 11.1 Å². The molecule has 0 radical (unpaired) electrons. The molecule has 0 spiro atoms. The molecule has 1 aromatic rings. The first-order chi connectivity index (χ1) is 6.37. The lowest BCUT2D eigenvalue weighted by Crippen LogP contribution is -2.16. The molecule has 1 aliphatic carbocycles. The Morgan fingerprint density at radius 3 is 3.08 bits per heavy atom. The zero-order valence-electron chi connectivity index (χ0n) is 6.94. The Kier molecular flexibility index (Phi) is 1.29. The standard InChI is InChI=1S/C11H8OS/c12-7-11-9-4-2-1-3-8(9)5-6-10(11)13-11/h1-7,10H. The number of rotatable bonds is 1. The Labute approximate surface area is 80.8 Å². The van der Waals surface area contributed by atoms with E-state index in [2.05, 4.69) is 24.3 Å². The maximum Gasteiger partial charge on any atom is 0.142 e. The van der Waals surface area contributed by atoms with Crippen molar-refractivity contribution in [2.24, 2.45) is 0 Å². The van der Waals surface area contributed by atoms with Gasteiger partial charge in [0.25, 0.3) is 0 Å². The highest BCUT2D eigenvalue weighted by Gasteiger charge is 2.57. The molecule has 1 heterocycles. The van der Waals surface area contributed by atoms with E-state index in [9.17, 15) is 4.79 Å². The Hall–Kier alpha value is -1.02. The lowest BCUT2D eigenvalue weighted by molar-refractivity contribution is -0.109. The van der Waals surface area contributed by atoms with Gasteiger partial charge in [-0.25, -0.2) is 0 Å². The van der Waals surface area contributed by atoms with Gasteiger partial charge in [0, 0.05) is 0 Å². The van der Waals surface area contributed by atoms with Crippen molar-refractivity contribution in [3.05, 3.63) is 41.5 Å². The lowest BCUT2D eigenvalue weighted by Gasteiger charge is -2.14. The Morgan fingerprint density at radius 2 is 2.23 bits per heavy atom. The van der Waals surface area contributed by atoms with Crippen molar-refractivity contribution in [3.63, 3.8) is 0 Å². The van der Waals surface area contributed by atoms with Crippen LogP contribution < -0.4 is 0 Å². The maximum atomic E-state index is 11.0. The highest BCUT2D eigenvalue weighted by molar-refractivity contribution is 8.09. The van der Waals surface area contributed by atoms with Crippen molar-refractivity contribution < 1.29 is 4.79 Å². The van der Waals surface area contributed by atoms with Gasteiger partial charge in [0.1, 0.15) is 11.0 Å². The SMILES string of the molecule is O=CC12SC1C=Cc1ccccc12. The van der Waals surface area contributed by atoms with Crippen molar-refractivity contribution in [3.8, 4) is 0 Å². The van der Waals surface area contributed by atoms with Crippen LogP contribution in [-0.2, 0) is 9.54 Å². The van der Waals surface area contributed by atoms with E-state index in [0.717, 1.165) is 6.29 Å². The van der Waals surface area contributed by atoms with Gasteiger partial charge in [-0.05, 0) is 11.1 Å². The second kappa shape index (κ2) is 2.26. The maximum absolute atomic E-state index is 11.0. The van der Waals surface area contributed by atoms with E-state index in [4.69, 9.17) is 0 Å². The molecule has 2 aliphatic rings. The molecule has 3 rings (SSSR count). The van der Waals surface area contributed by atoms with Crippen molar-refractivity contribution >= 4 is 24.1 Å². The summed E-state index contributed by atoms with van der Waals surface area (Å²) in [6.45, 7) is 0. The third-order valence-electron chi connectivity index (χ3n) is 2.69. The summed E-state index contributed by atoms with van der Waals surface area (Å²) in [5.41, 5.74) is 2.37. The molecular weight excluding hydrogens is 180 g/mol. The highest BCUT2D eigenvalue weighted by atomic mass is 32.2. The molecule has 13 heavy (non-hydrogen) atoms. The second-order valence-corrected chi connectivity index (χ2v) is 4.81. The monoisotopic (exact) mass is 188 g/mol. The summed E-state index contributed by atoms with van der Waals surface area (Å²) in [7, 11) is 0. The molecule has 1 nitrogen and oxygen atoms in total. The fourth-order valence-corrected chi connectivity index (χ4v) is 3.06. The van der Waals surface area contributed by atoms with Crippen molar-refractivity contribution in [1.82, 2.24) is 0 Å². The first-order valence-electron chi connectivity index (χ1n) is 4.29. The largest absolute Gasteiger partial charge is 0.301 e. The molecule has 0 bridgehead atoms. The topological polar surface area (TPSA) is 17.1 Å². The van der Waals surface area contributed by atoms with Gasteiger partial charge in [-0.2, -0.15) is 0 Å². The molecule has 1 aliphatic heterocycles. The average Bonchev–Trinajstić information content (AvgIpc) is 2.93. The van der Waals surface area contributed by atoms with Gasteiger partial charge in [-0.15, -0.1) is 11.8 Å². The van der Waals surface area contributed by atoms with Crippen molar-refractivity contribution in [2.45, 2.75) is 10.00 Å². The molecule has 64 valence electrons. The van der Waals surface area contributed by atoms with Gasteiger partial charge in [-0.1, -0.05) is 36.4 Å². The Balaban J connectivity index is 2.26. The number of carbonyl (C=O) groups is 1. The summed E-state index contributed by atoms with van der Waals surface area (Å²) in [4.78, 5) is 11.0. The van der Waals surface area contributed by atoms with Crippen LogP contribution in [0.3, 0.4) is 0 Å². The minimum absolute atomic E-state index is 0.231. The van der Waals surface area contributed by atoms with Crippen LogP contribution in [0.15, 0.2) is 30.3 Å². The van der Waals surface area contributed by atoms with Crippen LogP contribution in [0.2, 0.25) is 0 Å². The normalized spacial score (nSPS) is 33.4. The zero-order valence-corrected chi connectivity index (χ0v) is 7.75. The quantitative estimate of drug-likeness (QED) is 0.496.